The maximum absolute atomic E-state index is 13.6. The second kappa shape index (κ2) is 8.63. The van der Waals surface area contributed by atoms with Gasteiger partial charge in [0.2, 0.25) is 26.6 Å². The number of aryl methyl sites for hydroxylation is 1. The lowest BCUT2D eigenvalue weighted by molar-refractivity contribution is 0.171. The molecule has 0 amide bonds. The van der Waals surface area contributed by atoms with Crippen LogP contribution in [0.5, 0.6) is 11.5 Å². The van der Waals surface area contributed by atoms with Crippen LogP contribution in [0.2, 0.25) is 0 Å². The van der Waals surface area contributed by atoms with Gasteiger partial charge in [0.25, 0.3) is 0 Å². The quantitative estimate of drug-likeness (QED) is 0.437. The molecule has 1 aliphatic heterocycles. The molecule has 0 radical (unpaired) electrons. The summed E-state index contributed by atoms with van der Waals surface area (Å²) in [6.45, 7) is 3.15. The summed E-state index contributed by atoms with van der Waals surface area (Å²) < 4.78 is 44.2. The lowest BCUT2D eigenvalue weighted by atomic mass is 10.1. The number of sulfone groups is 1. The van der Waals surface area contributed by atoms with E-state index in [-0.39, 0.29) is 21.7 Å². The fourth-order valence-corrected chi connectivity index (χ4v) is 4.79. The summed E-state index contributed by atoms with van der Waals surface area (Å²) in [4.78, 5) is 4.45. The summed E-state index contributed by atoms with van der Waals surface area (Å²) in [5.41, 5.74) is 2.75. The third kappa shape index (κ3) is 4.29. The van der Waals surface area contributed by atoms with Gasteiger partial charge >= 0.3 is 0 Å². The third-order valence-corrected chi connectivity index (χ3v) is 6.93. The highest BCUT2D eigenvalue weighted by Gasteiger charge is 2.30. The highest BCUT2D eigenvalue weighted by Crippen LogP contribution is 2.37. The van der Waals surface area contributed by atoms with Gasteiger partial charge in [0, 0.05) is 18.2 Å². The summed E-state index contributed by atoms with van der Waals surface area (Å²) >= 11 is 0. The monoisotopic (exact) mass is 462 g/mol. The number of ether oxygens (including phenoxy) is 2. The molecular weight excluding hydrogens is 440 g/mol. The predicted octanol–water partition coefficient (Wildman–Crippen LogP) is 4.87. The van der Waals surface area contributed by atoms with Crippen molar-refractivity contribution in [3.63, 3.8) is 0 Å². The zero-order chi connectivity index (χ0) is 22.8. The van der Waals surface area contributed by atoms with E-state index in [1.807, 2.05) is 61.5 Å². The highest BCUT2D eigenvalue weighted by atomic mass is 32.2. The molecule has 4 aromatic rings. The number of aromatic nitrogens is 1. The molecule has 2 heterocycles. The summed E-state index contributed by atoms with van der Waals surface area (Å²) in [5.74, 6) is 1.22. The Balaban J connectivity index is 1.55. The summed E-state index contributed by atoms with van der Waals surface area (Å²) in [6.07, 6.45) is 0. The molecule has 0 spiro atoms. The van der Waals surface area contributed by atoms with Gasteiger partial charge in [-0.25, -0.2) is 8.42 Å². The minimum Gasteiger partial charge on any atom is -0.486 e. The van der Waals surface area contributed by atoms with E-state index in [9.17, 15) is 8.42 Å². The summed E-state index contributed by atoms with van der Waals surface area (Å²) in [5, 5.41) is 2.93. The molecule has 0 unspecified atom stereocenters. The third-order valence-electron chi connectivity index (χ3n) is 5.27. The van der Waals surface area contributed by atoms with Crippen LogP contribution in [0.4, 0.5) is 5.88 Å². The lowest BCUT2D eigenvalue weighted by Crippen LogP contribution is -2.16. The van der Waals surface area contributed by atoms with E-state index >= 15 is 0 Å². The van der Waals surface area contributed by atoms with Gasteiger partial charge in [0.05, 0.1) is 4.90 Å². The first kappa shape index (κ1) is 21.1. The van der Waals surface area contributed by atoms with Crippen LogP contribution in [0.15, 0.2) is 87.1 Å². The van der Waals surface area contributed by atoms with Crippen LogP contribution in [0.3, 0.4) is 0 Å². The molecule has 5 rings (SSSR count). The Kier molecular flexibility index (Phi) is 5.51. The Labute approximate surface area is 191 Å². The predicted molar refractivity (Wildman–Crippen MR) is 123 cm³/mol. The second-order valence-electron chi connectivity index (χ2n) is 7.67. The van der Waals surface area contributed by atoms with Gasteiger partial charge in [-0.1, -0.05) is 48.0 Å². The van der Waals surface area contributed by atoms with E-state index in [2.05, 4.69) is 10.3 Å². The molecule has 8 heteroatoms. The van der Waals surface area contributed by atoms with E-state index < -0.39 is 9.84 Å². The van der Waals surface area contributed by atoms with Crippen molar-refractivity contribution in [2.75, 3.05) is 18.5 Å². The first-order valence-electron chi connectivity index (χ1n) is 10.5. The zero-order valence-corrected chi connectivity index (χ0v) is 18.8. The second-order valence-corrected chi connectivity index (χ2v) is 9.53. The van der Waals surface area contributed by atoms with Crippen molar-refractivity contribution in [3.8, 4) is 23.0 Å². The summed E-state index contributed by atoms with van der Waals surface area (Å²) in [7, 11) is -4.01. The maximum Gasteiger partial charge on any atom is 0.234 e. The molecule has 1 aromatic heterocycles. The SMILES string of the molecule is Cc1ccc(-c2nc(S(=O)(=O)c3ccc4c(c3)OCCO4)c(NCc3ccccc3)o2)cc1. The van der Waals surface area contributed by atoms with Crippen molar-refractivity contribution >= 4 is 15.7 Å². The Morgan fingerprint density at radius 1 is 0.909 bits per heavy atom. The van der Waals surface area contributed by atoms with Gasteiger partial charge in [-0.3, -0.25) is 0 Å². The molecular formula is C25H22N2O5S. The van der Waals surface area contributed by atoms with Crippen LogP contribution in [0.1, 0.15) is 11.1 Å². The lowest BCUT2D eigenvalue weighted by Gasteiger charge is -2.18. The number of rotatable bonds is 6. The Morgan fingerprint density at radius 2 is 1.64 bits per heavy atom. The Bertz CT molecular complexity index is 1380. The number of nitrogens with zero attached hydrogens (tertiary/aromatic N) is 1. The molecule has 168 valence electrons. The molecule has 0 bridgehead atoms. The standard InChI is InChI=1S/C25H22N2O5S/c1-17-7-9-19(10-8-17)23-27-25(24(32-23)26-16-18-5-3-2-4-6-18)33(28,29)20-11-12-21-22(15-20)31-14-13-30-21/h2-12,15,26H,13-14,16H2,1H3. The van der Waals surface area contributed by atoms with E-state index in [0.717, 1.165) is 11.1 Å². The normalized spacial score (nSPS) is 13.0. The van der Waals surface area contributed by atoms with Gasteiger partial charge in [-0.15, -0.1) is 0 Å². The zero-order valence-electron chi connectivity index (χ0n) is 17.9. The molecule has 7 nitrogen and oxygen atoms in total. The molecule has 1 N–H and O–H groups in total. The smallest absolute Gasteiger partial charge is 0.234 e. The number of anilines is 1. The van der Waals surface area contributed by atoms with Gasteiger partial charge in [-0.05, 0) is 36.8 Å². The van der Waals surface area contributed by atoms with Crippen LogP contribution < -0.4 is 14.8 Å². The first-order chi connectivity index (χ1) is 16.0. The van der Waals surface area contributed by atoms with E-state index in [1.165, 1.54) is 12.1 Å². The van der Waals surface area contributed by atoms with Crippen molar-refractivity contribution in [3.05, 3.63) is 83.9 Å². The average molecular weight is 463 g/mol. The van der Waals surface area contributed by atoms with Crippen LogP contribution in [-0.2, 0) is 16.4 Å². The molecule has 3 aromatic carbocycles. The van der Waals surface area contributed by atoms with Crippen LogP contribution >= 0.6 is 0 Å². The number of hydrogen-bond donors (Lipinski definition) is 1. The molecule has 33 heavy (non-hydrogen) atoms. The van der Waals surface area contributed by atoms with Crippen molar-refractivity contribution in [2.24, 2.45) is 0 Å². The van der Waals surface area contributed by atoms with E-state index in [4.69, 9.17) is 13.9 Å². The van der Waals surface area contributed by atoms with E-state index in [0.29, 0.717) is 36.8 Å². The number of nitrogens with one attached hydrogen (secondary N) is 1. The average Bonchev–Trinajstić information content (AvgIpc) is 3.29. The minimum absolute atomic E-state index is 0.0540. The number of hydrogen-bond acceptors (Lipinski definition) is 7. The van der Waals surface area contributed by atoms with E-state index in [1.54, 1.807) is 6.07 Å². The fourth-order valence-electron chi connectivity index (χ4n) is 3.50. The fraction of sp³-hybridized carbons (Fsp3) is 0.160. The maximum atomic E-state index is 13.6. The van der Waals surface area contributed by atoms with Crippen molar-refractivity contribution < 1.29 is 22.3 Å². The number of fused-ring (bicyclic) bond motifs is 1. The van der Waals surface area contributed by atoms with Crippen LogP contribution in [0, 0.1) is 6.92 Å². The van der Waals surface area contributed by atoms with Gasteiger partial charge < -0.3 is 19.2 Å². The Morgan fingerprint density at radius 3 is 2.39 bits per heavy atom. The number of oxazole rings is 1. The van der Waals surface area contributed by atoms with Gasteiger partial charge in [0.1, 0.15) is 13.2 Å². The molecule has 0 saturated heterocycles. The first-order valence-corrected chi connectivity index (χ1v) is 12.0. The molecule has 0 aliphatic carbocycles. The van der Waals surface area contributed by atoms with Gasteiger partial charge in [-0.2, -0.15) is 4.98 Å². The topological polar surface area (TPSA) is 90.7 Å². The minimum atomic E-state index is -4.01. The van der Waals surface area contributed by atoms with Crippen molar-refractivity contribution in [1.29, 1.82) is 0 Å². The van der Waals surface area contributed by atoms with Crippen molar-refractivity contribution in [2.45, 2.75) is 23.4 Å². The Hall–Kier alpha value is -3.78. The largest absolute Gasteiger partial charge is 0.486 e. The number of benzene rings is 3. The molecule has 0 fully saturated rings. The van der Waals surface area contributed by atoms with Gasteiger partial charge in [0.15, 0.2) is 11.5 Å². The molecule has 0 atom stereocenters. The molecule has 0 saturated carbocycles. The van der Waals surface area contributed by atoms with Crippen LogP contribution in [-0.4, -0.2) is 26.6 Å². The van der Waals surface area contributed by atoms with Crippen molar-refractivity contribution in [1.82, 2.24) is 4.98 Å². The molecule has 1 aliphatic rings. The van der Waals surface area contributed by atoms with Crippen LogP contribution in [0.25, 0.3) is 11.5 Å². The summed E-state index contributed by atoms with van der Waals surface area (Å²) in [6, 6.07) is 21.7. The highest BCUT2D eigenvalue weighted by molar-refractivity contribution is 7.91.